The van der Waals surface area contributed by atoms with Crippen LogP contribution in [0.5, 0.6) is 0 Å². The van der Waals surface area contributed by atoms with Crippen LogP contribution in [0.4, 0.5) is 13.2 Å². The van der Waals surface area contributed by atoms with Crippen molar-refractivity contribution >= 4 is 11.7 Å². The van der Waals surface area contributed by atoms with Crippen molar-refractivity contribution in [2.45, 2.75) is 19.0 Å². The lowest BCUT2D eigenvalue weighted by atomic mass is 10.1. The second kappa shape index (κ2) is 5.60. The molecule has 1 aromatic rings. The SMILES string of the molecule is O=C(CNC(=O)C1CC1C(F)(F)F)Cc1ccncc1. The van der Waals surface area contributed by atoms with Crippen LogP contribution in [0.15, 0.2) is 24.5 Å². The number of pyridine rings is 1. The van der Waals surface area contributed by atoms with Crippen LogP contribution in [-0.2, 0) is 16.0 Å². The molecule has 0 aromatic carbocycles. The molecule has 1 saturated carbocycles. The van der Waals surface area contributed by atoms with Crippen LogP contribution in [0, 0.1) is 11.8 Å². The molecule has 1 amide bonds. The highest BCUT2D eigenvalue weighted by molar-refractivity contribution is 5.89. The minimum Gasteiger partial charge on any atom is -0.349 e. The van der Waals surface area contributed by atoms with Crippen molar-refractivity contribution in [2.75, 3.05) is 6.54 Å². The number of amides is 1. The molecule has 0 aliphatic heterocycles. The molecule has 0 spiro atoms. The molecule has 2 unspecified atom stereocenters. The van der Waals surface area contributed by atoms with E-state index < -0.39 is 23.9 Å². The third-order valence-corrected chi connectivity index (χ3v) is 3.16. The number of carbonyl (C=O) groups is 2. The van der Waals surface area contributed by atoms with E-state index in [0.717, 1.165) is 5.56 Å². The molecule has 108 valence electrons. The van der Waals surface area contributed by atoms with E-state index in [9.17, 15) is 22.8 Å². The van der Waals surface area contributed by atoms with Gasteiger partial charge in [-0.1, -0.05) is 0 Å². The van der Waals surface area contributed by atoms with Gasteiger partial charge in [0, 0.05) is 18.8 Å². The van der Waals surface area contributed by atoms with Gasteiger partial charge < -0.3 is 5.32 Å². The minimum atomic E-state index is -4.33. The number of alkyl halides is 3. The van der Waals surface area contributed by atoms with Crippen LogP contribution in [0.1, 0.15) is 12.0 Å². The lowest BCUT2D eigenvalue weighted by molar-refractivity contribution is -0.154. The Morgan fingerprint density at radius 1 is 1.30 bits per heavy atom. The van der Waals surface area contributed by atoms with Gasteiger partial charge in [-0.25, -0.2) is 0 Å². The van der Waals surface area contributed by atoms with Crippen molar-refractivity contribution in [1.29, 1.82) is 0 Å². The van der Waals surface area contributed by atoms with E-state index in [1.165, 1.54) is 0 Å². The van der Waals surface area contributed by atoms with E-state index in [1.807, 2.05) is 0 Å². The van der Waals surface area contributed by atoms with Crippen molar-refractivity contribution in [3.63, 3.8) is 0 Å². The summed E-state index contributed by atoms with van der Waals surface area (Å²) in [6, 6.07) is 3.33. The molecule has 2 atom stereocenters. The standard InChI is InChI=1S/C13H13F3N2O2/c14-13(15,16)11-6-10(11)12(20)18-7-9(19)5-8-1-3-17-4-2-8/h1-4,10-11H,5-7H2,(H,18,20). The molecule has 1 heterocycles. The Morgan fingerprint density at radius 2 is 1.95 bits per heavy atom. The molecule has 1 aromatic heterocycles. The summed E-state index contributed by atoms with van der Waals surface area (Å²) >= 11 is 0. The van der Waals surface area contributed by atoms with Crippen LogP contribution in [-0.4, -0.2) is 29.4 Å². The van der Waals surface area contributed by atoms with E-state index in [0.29, 0.717) is 0 Å². The second-order valence-corrected chi connectivity index (χ2v) is 4.78. The second-order valence-electron chi connectivity index (χ2n) is 4.78. The van der Waals surface area contributed by atoms with Crippen molar-refractivity contribution in [2.24, 2.45) is 11.8 Å². The molecule has 0 saturated heterocycles. The average Bonchev–Trinajstić information content (AvgIpc) is 3.17. The van der Waals surface area contributed by atoms with Crippen LogP contribution >= 0.6 is 0 Å². The lowest BCUT2D eigenvalue weighted by Gasteiger charge is -2.06. The van der Waals surface area contributed by atoms with Gasteiger partial charge in [-0.3, -0.25) is 14.6 Å². The molecule has 2 rings (SSSR count). The molecule has 7 heteroatoms. The van der Waals surface area contributed by atoms with Gasteiger partial charge in [-0.05, 0) is 24.1 Å². The topological polar surface area (TPSA) is 59.1 Å². The number of carbonyl (C=O) groups excluding carboxylic acids is 2. The predicted octanol–water partition coefficient (Wildman–Crippen LogP) is 1.51. The maximum atomic E-state index is 12.3. The van der Waals surface area contributed by atoms with E-state index in [-0.39, 0.29) is 25.2 Å². The molecule has 1 aliphatic carbocycles. The third kappa shape index (κ3) is 3.79. The van der Waals surface area contributed by atoms with Crippen LogP contribution in [0.3, 0.4) is 0 Å². The molecule has 0 radical (unpaired) electrons. The lowest BCUT2D eigenvalue weighted by Crippen LogP contribution is -2.32. The summed E-state index contributed by atoms with van der Waals surface area (Å²) in [6.45, 7) is -0.248. The van der Waals surface area contributed by atoms with Gasteiger partial charge in [-0.2, -0.15) is 13.2 Å². The number of rotatable bonds is 5. The number of ketones is 1. The van der Waals surface area contributed by atoms with E-state index in [1.54, 1.807) is 24.5 Å². The van der Waals surface area contributed by atoms with Crippen LogP contribution in [0.2, 0.25) is 0 Å². The number of hydrogen-bond donors (Lipinski definition) is 1. The zero-order chi connectivity index (χ0) is 14.8. The molecule has 1 N–H and O–H groups in total. The average molecular weight is 286 g/mol. The normalized spacial score (nSPS) is 21.4. The van der Waals surface area contributed by atoms with Gasteiger partial charge in [0.25, 0.3) is 0 Å². The number of aromatic nitrogens is 1. The number of nitrogens with zero attached hydrogens (tertiary/aromatic N) is 1. The quantitative estimate of drug-likeness (QED) is 0.892. The Kier molecular flexibility index (Phi) is 4.06. The fourth-order valence-corrected chi connectivity index (χ4v) is 1.95. The summed E-state index contributed by atoms with van der Waals surface area (Å²) in [6.07, 6.45) is -1.31. The summed E-state index contributed by atoms with van der Waals surface area (Å²) in [5.41, 5.74) is 0.749. The summed E-state index contributed by atoms with van der Waals surface area (Å²) in [4.78, 5) is 26.8. The van der Waals surface area contributed by atoms with Gasteiger partial charge >= 0.3 is 6.18 Å². The molecule has 0 bridgehead atoms. The highest BCUT2D eigenvalue weighted by Crippen LogP contribution is 2.49. The third-order valence-electron chi connectivity index (χ3n) is 3.16. The van der Waals surface area contributed by atoms with E-state index in [2.05, 4.69) is 10.3 Å². The maximum absolute atomic E-state index is 12.3. The fraction of sp³-hybridized carbons (Fsp3) is 0.462. The first-order chi connectivity index (χ1) is 9.38. The van der Waals surface area contributed by atoms with E-state index in [4.69, 9.17) is 0 Å². The van der Waals surface area contributed by atoms with Crippen LogP contribution < -0.4 is 5.32 Å². The van der Waals surface area contributed by atoms with Gasteiger partial charge in [-0.15, -0.1) is 0 Å². The maximum Gasteiger partial charge on any atom is 0.392 e. The highest BCUT2D eigenvalue weighted by atomic mass is 19.4. The molecular weight excluding hydrogens is 273 g/mol. The van der Waals surface area contributed by atoms with Crippen LogP contribution in [0.25, 0.3) is 0 Å². The van der Waals surface area contributed by atoms with Gasteiger partial charge in [0.1, 0.15) is 0 Å². The predicted molar refractivity (Wildman–Crippen MR) is 63.6 cm³/mol. The number of nitrogens with one attached hydrogen (secondary N) is 1. The number of Topliss-reactive ketones (excluding diaryl/α,β-unsaturated/α-hetero) is 1. The Morgan fingerprint density at radius 3 is 2.50 bits per heavy atom. The van der Waals surface area contributed by atoms with Crippen molar-refractivity contribution in [3.8, 4) is 0 Å². The molecule has 4 nitrogen and oxygen atoms in total. The largest absolute Gasteiger partial charge is 0.392 e. The zero-order valence-electron chi connectivity index (χ0n) is 10.5. The smallest absolute Gasteiger partial charge is 0.349 e. The van der Waals surface area contributed by atoms with Crippen molar-refractivity contribution in [1.82, 2.24) is 10.3 Å². The Balaban J connectivity index is 1.73. The molecule has 20 heavy (non-hydrogen) atoms. The Hall–Kier alpha value is -1.92. The Labute approximate surface area is 113 Å². The molecule has 1 aliphatic rings. The van der Waals surface area contributed by atoms with Gasteiger partial charge in [0.05, 0.1) is 18.4 Å². The monoisotopic (exact) mass is 286 g/mol. The highest BCUT2D eigenvalue weighted by Gasteiger charge is 2.58. The number of hydrogen-bond acceptors (Lipinski definition) is 3. The summed E-state index contributed by atoms with van der Waals surface area (Å²) in [5, 5.41) is 2.26. The summed E-state index contributed by atoms with van der Waals surface area (Å²) in [5.74, 6) is -3.55. The van der Waals surface area contributed by atoms with Crippen molar-refractivity contribution < 1.29 is 22.8 Å². The van der Waals surface area contributed by atoms with Gasteiger partial charge in [0.15, 0.2) is 5.78 Å². The summed E-state index contributed by atoms with van der Waals surface area (Å²) in [7, 11) is 0. The molecular formula is C13H13F3N2O2. The van der Waals surface area contributed by atoms with Gasteiger partial charge in [0.2, 0.25) is 5.91 Å². The first kappa shape index (κ1) is 14.5. The first-order valence-corrected chi connectivity index (χ1v) is 6.13. The van der Waals surface area contributed by atoms with E-state index >= 15 is 0 Å². The fourth-order valence-electron chi connectivity index (χ4n) is 1.95. The zero-order valence-corrected chi connectivity index (χ0v) is 10.5. The molecule has 1 fully saturated rings. The minimum absolute atomic E-state index is 0.121. The van der Waals surface area contributed by atoms with Crippen molar-refractivity contribution in [3.05, 3.63) is 30.1 Å². The summed E-state index contributed by atoms with van der Waals surface area (Å²) < 4.78 is 36.9. The number of halogens is 3. The first-order valence-electron chi connectivity index (χ1n) is 6.13. The Bertz CT molecular complexity index is 502.